The van der Waals surface area contributed by atoms with Crippen molar-refractivity contribution < 1.29 is 46.9 Å². The molecular weight excluding hydrogens is 696 g/mol. The molecule has 0 radical (unpaired) electrons. The maximum atomic E-state index is 14.1. The van der Waals surface area contributed by atoms with Gasteiger partial charge in [-0.25, -0.2) is 9.59 Å². The minimum absolute atomic E-state index is 0.0725. The number of nitrogens with zero attached hydrogens (tertiary/aromatic N) is 1. The number of urea groups is 1. The zero-order valence-electron chi connectivity index (χ0n) is 30.1. The van der Waals surface area contributed by atoms with Crippen LogP contribution in [0.3, 0.4) is 0 Å². The van der Waals surface area contributed by atoms with Gasteiger partial charge in [0, 0.05) is 22.5 Å². The Hall–Kier alpha value is -4.40. The number of aliphatic hydroxyl groups is 1. The van der Waals surface area contributed by atoms with Gasteiger partial charge in [0.05, 0.1) is 19.2 Å². The predicted molar refractivity (Wildman–Crippen MR) is 195 cm³/mol. The Labute approximate surface area is 304 Å². The molecule has 1 aliphatic rings. The summed E-state index contributed by atoms with van der Waals surface area (Å²) in [5.41, 5.74) is 2.47. The van der Waals surface area contributed by atoms with Crippen molar-refractivity contribution in [2.75, 3.05) is 16.8 Å². The quantitative estimate of drug-likeness (QED) is 0.130. The molecule has 0 bridgehead atoms. The first-order chi connectivity index (χ1) is 24.4. The number of aliphatic hydroxyl groups excluding tert-OH is 1. The van der Waals surface area contributed by atoms with Crippen LogP contribution in [0.5, 0.6) is 5.75 Å². The molecule has 2 atom stereocenters. The molecule has 10 nitrogen and oxygen atoms in total. The first-order valence-corrected chi connectivity index (χ1v) is 20.2. The Balaban J connectivity index is 1.65. The fourth-order valence-electron chi connectivity index (χ4n) is 6.22. The SMILES string of the molecule is C[SiH](C)OC(c1cc(NC(=O)N(Cc2ccc(C(=O)NC[C@@H](O)C(=O)O)cc2)c2ccc(C3CCCCC3)cc2)ccc1OC(F)(F)F)C(C)(C)C. The lowest BCUT2D eigenvalue weighted by Crippen LogP contribution is -2.36. The third-order valence-electron chi connectivity index (χ3n) is 8.79. The molecule has 3 amide bonds. The van der Waals surface area contributed by atoms with E-state index in [1.54, 1.807) is 12.1 Å². The summed E-state index contributed by atoms with van der Waals surface area (Å²) in [6, 6.07) is 17.6. The van der Waals surface area contributed by atoms with E-state index >= 15 is 0 Å². The summed E-state index contributed by atoms with van der Waals surface area (Å²) < 4.78 is 51.1. The van der Waals surface area contributed by atoms with Gasteiger partial charge < -0.3 is 30.0 Å². The van der Waals surface area contributed by atoms with Crippen molar-refractivity contribution in [2.24, 2.45) is 5.41 Å². The number of carboxylic acid groups (broad SMARTS) is 1. The number of halogens is 3. The normalized spacial score (nSPS) is 15.1. The van der Waals surface area contributed by atoms with E-state index in [1.807, 2.05) is 58.1 Å². The predicted octanol–water partition coefficient (Wildman–Crippen LogP) is 8.13. The standard InChI is InChI=1S/C38H48F3N3O7Si/c1-37(2,3)33(51-52(4)5)30-21-28(17-20-32(30)50-38(39,40)41)43-36(49)44(29-18-15-26(16-19-29)25-9-7-6-8-10-25)23-24-11-13-27(14-12-24)34(46)42-22-31(45)35(47)48/h11-21,25,31,33,45,52H,6-10,22-23H2,1-5H3,(H,42,46)(H,43,49)(H,47,48)/t31-,33?/m1/s1. The largest absolute Gasteiger partial charge is 0.573 e. The van der Waals surface area contributed by atoms with Crippen LogP contribution in [0, 0.1) is 5.41 Å². The molecule has 1 fully saturated rings. The number of rotatable bonds is 13. The Morgan fingerprint density at radius 3 is 2.13 bits per heavy atom. The Kier molecular flexibility index (Phi) is 13.5. The van der Waals surface area contributed by atoms with E-state index in [-0.39, 0.29) is 23.4 Å². The van der Waals surface area contributed by atoms with Crippen LogP contribution in [0.15, 0.2) is 66.7 Å². The molecule has 3 aromatic carbocycles. The molecule has 0 saturated heterocycles. The van der Waals surface area contributed by atoms with Crippen molar-refractivity contribution in [2.45, 2.75) is 97.0 Å². The van der Waals surface area contributed by atoms with Crippen LogP contribution in [0.1, 0.15) is 91.9 Å². The van der Waals surface area contributed by atoms with E-state index in [1.165, 1.54) is 60.1 Å². The monoisotopic (exact) mass is 743 g/mol. The number of ether oxygens (including phenoxy) is 1. The zero-order valence-corrected chi connectivity index (χ0v) is 31.3. The first kappa shape index (κ1) is 40.4. The molecular formula is C38H48F3N3O7Si. The number of alkyl halides is 3. The molecule has 0 aromatic heterocycles. The van der Waals surface area contributed by atoms with Gasteiger partial charge in [-0.2, -0.15) is 0 Å². The average Bonchev–Trinajstić information content (AvgIpc) is 3.08. The van der Waals surface area contributed by atoms with Gasteiger partial charge >= 0.3 is 18.4 Å². The van der Waals surface area contributed by atoms with Gasteiger partial charge in [-0.05, 0) is 90.9 Å². The summed E-state index contributed by atoms with van der Waals surface area (Å²) in [6.07, 6.45) is -1.66. The fraction of sp³-hybridized carbons (Fsp3) is 0.447. The van der Waals surface area contributed by atoms with Gasteiger partial charge in [-0.3, -0.25) is 9.69 Å². The van der Waals surface area contributed by atoms with Gasteiger partial charge in [0.25, 0.3) is 5.91 Å². The molecule has 0 aliphatic heterocycles. The molecule has 0 heterocycles. The minimum Gasteiger partial charge on any atom is -0.479 e. The highest BCUT2D eigenvalue weighted by molar-refractivity contribution is 6.48. The van der Waals surface area contributed by atoms with Crippen LogP contribution >= 0.6 is 0 Å². The second-order valence-corrected chi connectivity index (χ2v) is 16.8. The van der Waals surface area contributed by atoms with E-state index in [0.29, 0.717) is 17.2 Å². The topological polar surface area (TPSA) is 137 Å². The molecule has 14 heteroatoms. The van der Waals surface area contributed by atoms with Gasteiger partial charge in [-0.1, -0.05) is 64.3 Å². The van der Waals surface area contributed by atoms with Crippen LogP contribution in [0.2, 0.25) is 13.1 Å². The number of nitrogens with one attached hydrogen (secondary N) is 2. The zero-order chi connectivity index (χ0) is 38.2. The Morgan fingerprint density at radius 1 is 0.942 bits per heavy atom. The number of hydrogen-bond donors (Lipinski definition) is 4. The van der Waals surface area contributed by atoms with Gasteiger partial charge in [0.2, 0.25) is 0 Å². The van der Waals surface area contributed by atoms with Crippen molar-refractivity contribution in [3.05, 3.63) is 89.0 Å². The second-order valence-electron chi connectivity index (χ2n) is 14.4. The average molecular weight is 744 g/mol. The highest BCUT2D eigenvalue weighted by Gasteiger charge is 2.36. The van der Waals surface area contributed by atoms with Gasteiger partial charge in [0.15, 0.2) is 15.1 Å². The minimum atomic E-state index is -4.94. The van der Waals surface area contributed by atoms with Crippen molar-refractivity contribution in [1.29, 1.82) is 0 Å². The Bertz CT molecular complexity index is 1670. The number of carboxylic acids is 1. The number of amides is 3. The summed E-state index contributed by atoms with van der Waals surface area (Å²) in [5.74, 6) is -1.99. The fourth-order valence-corrected chi connectivity index (χ4v) is 7.32. The highest BCUT2D eigenvalue weighted by atomic mass is 28.3. The van der Waals surface area contributed by atoms with Crippen molar-refractivity contribution in [1.82, 2.24) is 5.32 Å². The molecule has 282 valence electrons. The maximum Gasteiger partial charge on any atom is 0.573 e. The molecule has 52 heavy (non-hydrogen) atoms. The second kappa shape index (κ2) is 17.4. The summed E-state index contributed by atoms with van der Waals surface area (Å²) >= 11 is 0. The lowest BCUT2D eigenvalue weighted by Gasteiger charge is -2.34. The van der Waals surface area contributed by atoms with Crippen LogP contribution in [-0.2, 0) is 15.8 Å². The lowest BCUT2D eigenvalue weighted by molar-refractivity contribution is -0.275. The number of carbonyl (C=O) groups is 3. The molecule has 1 aliphatic carbocycles. The number of hydrogen-bond acceptors (Lipinski definition) is 6. The van der Waals surface area contributed by atoms with Crippen molar-refractivity contribution >= 4 is 38.3 Å². The van der Waals surface area contributed by atoms with Gasteiger partial charge in [-0.15, -0.1) is 13.2 Å². The summed E-state index contributed by atoms with van der Waals surface area (Å²) in [4.78, 5) is 39.0. The molecule has 3 aromatic rings. The number of aliphatic carboxylic acids is 1. The molecule has 1 unspecified atom stereocenters. The third kappa shape index (κ3) is 11.6. The highest BCUT2D eigenvalue weighted by Crippen LogP contribution is 2.43. The van der Waals surface area contributed by atoms with Crippen LogP contribution in [-0.4, -0.2) is 56.2 Å². The third-order valence-corrected chi connectivity index (χ3v) is 9.60. The van der Waals surface area contributed by atoms with E-state index in [2.05, 4.69) is 15.4 Å². The van der Waals surface area contributed by atoms with E-state index in [4.69, 9.17) is 9.53 Å². The number of anilines is 2. The summed E-state index contributed by atoms with van der Waals surface area (Å²) in [7, 11) is -1.74. The number of benzene rings is 3. The smallest absolute Gasteiger partial charge is 0.479 e. The lowest BCUT2D eigenvalue weighted by atomic mass is 9.84. The first-order valence-electron chi connectivity index (χ1n) is 17.4. The van der Waals surface area contributed by atoms with Crippen LogP contribution < -0.4 is 20.3 Å². The van der Waals surface area contributed by atoms with Crippen LogP contribution in [0.25, 0.3) is 0 Å². The van der Waals surface area contributed by atoms with Crippen molar-refractivity contribution in [3.8, 4) is 5.75 Å². The van der Waals surface area contributed by atoms with E-state index < -0.39 is 63.2 Å². The van der Waals surface area contributed by atoms with Crippen LogP contribution in [0.4, 0.5) is 29.3 Å². The number of carbonyl (C=O) groups excluding carboxylic acids is 2. The molecule has 1 saturated carbocycles. The van der Waals surface area contributed by atoms with E-state index in [0.717, 1.165) is 12.8 Å². The summed E-state index contributed by atoms with van der Waals surface area (Å²) in [6.45, 7) is 9.05. The Morgan fingerprint density at radius 2 is 1.58 bits per heavy atom. The van der Waals surface area contributed by atoms with Crippen molar-refractivity contribution in [3.63, 3.8) is 0 Å². The summed E-state index contributed by atoms with van der Waals surface area (Å²) in [5, 5.41) is 23.6. The molecule has 4 N–H and O–H groups in total. The molecule has 4 rings (SSSR count). The maximum absolute atomic E-state index is 14.1. The molecule has 0 spiro atoms. The van der Waals surface area contributed by atoms with Gasteiger partial charge in [0.1, 0.15) is 5.75 Å². The van der Waals surface area contributed by atoms with E-state index in [9.17, 15) is 32.7 Å².